The average Bonchev–Trinajstić information content (AvgIpc) is 3.22. The molecule has 178 valence electrons. The van der Waals surface area contributed by atoms with Crippen molar-refractivity contribution in [1.29, 1.82) is 0 Å². The minimum atomic E-state index is -4.92. The smallest absolute Gasteiger partial charge is 0.456 e. The largest absolute Gasteiger partial charge is 0.495 e. The summed E-state index contributed by atoms with van der Waals surface area (Å²) < 4.78 is 46.3. The Morgan fingerprint density at radius 1 is 1.18 bits per heavy atom. The SMILES string of the molecule is COc1ccc(C(=O)[NH+]2CCC3(CC2)c2ccc(C(=O)C(F)(F)F)n2C(C)CN3C)nc1C. The molecule has 10 heteroatoms. The molecule has 1 saturated heterocycles. The Morgan fingerprint density at radius 3 is 2.42 bits per heavy atom. The minimum absolute atomic E-state index is 0.106. The zero-order valence-corrected chi connectivity index (χ0v) is 19.1. The number of carbonyl (C=O) groups is 2. The highest BCUT2D eigenvalue weighted by molar-refractivity contribution is 5.99. The molecule has 1 spiro atoms. The van der Waals surface area contributed by atoms with E-state index in [9.17, 15) is 22.8 Å². The second-order valence-corrected chi connectivity index (χ2v) is 8.98. The van der Waals surface area contributed by atoms with E-state index in [-0.39, 0.29) is 17.6 Å². The second kappa shape index (κ2) is 8.25. The molecular formula is C23H28F3N4O3+. The number of aromatic nitrogens is 2. The summed E-state index contributed by atoms with van der Waals surface area (Å²) in [5.41, 5.74) is 0.870. The number of pyridine rings is 1. The molecule has 0 bridgehead atoms. The number of ether oxygens (including phenoxy) is 1. The first-order valence-corrected chi connectivity index (χ1v) is 10.9. The van der Waals surface area contributed by atoms with Crippen LogP contribution in [0.3, 0.4) is 0 Å². The number of likely N-dealkylation sites (N-methyl/N-ethyl adjacent to an activating group) is 1. The van der Waals surface area contributed by atoms with Gasteiger partial charge in [0.15, 0.2) is 5.69 Å². The Hall–Kier alpha value is -2.72. The minimum Gasteiger partial charge on any atom is -0.495 e. The number of nitrogens with one attached hydrogen (secondary N) is 1. The first-order valence-electron chi connectivity index (χ1n) is 10.9. The first-order chi connectivity index (χ1) is 15.5. The number of nitrogens with zero attached hydrogens (tertiary/aromatic N) is 3. The molecule has 1 amide bonds. The Balaban J connectivity index is 1.60. The summed E-state index contributed by atoms with van der Waals surface area (Å²) in [4.78, 5) is 32.4. The number of piperidine rings is 1. The van der Waals surface area contributed by atoms with Crippen molar-refractivity contribution in [3.05, 3.63) is 47.0 Å². The van der Waals surface area contributed by atoms with Crippen LogP contribution in [0.25, 0.3) is 0 Å². The molecule has 1 unspecified atom stereocenters. The van der Waals surface area contributed by atoms with E-state index >= 15 is 0 Å². The molecule has 33 heavy (non-hydrogen) atoms. The highest BCUT2D eigenvalue weighted by atomic mass is 19.4. The predicted molar refractivity (Wildman–Crippen MR) is 114 cm³/mol. The van der Waals surface area contributed by atoms with Crippen LogP contribution in [-0.4, -0.2) is 66.1 Å². The van der Waals surface area contributed by atoms with Crippen LogP contribution in [0.4, 0.5) is 13.2 Å². The molecular weight excluding hydrogens is 437 g/mol. The average molecular weight is 465 g/mol. The highest BCUT2D eigenvalue weighted by Crippen LogP contribution is 2.43. The van der Waals surface area contributed by atoms with E-state index < -0.39 is 17.5 Å². The summed E-state index contributed by atoms with van der Waals surface area (Å²) in [6.45, 7) is 5.14. The number of hydrogen-bond acceptors (Lipinski definition) is 5. The van der Waals surface area contributed by atoms with Gasteiger partial charge >= 0.3 is 12.1 Å². The van der Waals surface area contributed by atoms with E-state index in [1.54, 1.807) is 36.8 Å². The van der Waals surface area contributed by atoms with Crippen molar-refractivity contribution >= 4 is 11.7 Å². The zero-order valence-electron chi connectivity index (χ0n) is 19.1. The Morgan fingerprint density at radius 2 is 1.85 bits per heavy atom. The molecule has 2 aliphatic rings. The van der Waals surface area contributed by atoms with Crippen LogP contribution >= 0.6 is 0 Å². The van der Waals surface area contributed by atoms with Crippen LogP contribution in [0.15, 0.2) is 24.3 Å². The lowest BCUT2D eigenvalue weighted by Crippen LogP contribution is -3.16. The number of methoxy groups -OCH3 is 1. The van der Waals surface area contributed by atoms with E-state index in [0.717, 1.165) is 4.90 Å². The summed E-state index contributed by atoms with van der Waals surface area (Å²) in [5, 5.41) is 0. The predicted octanol–water partition coefficient (Wildman–Crippen LogP) is 2.17. The number of likely N-dealkylation sites (tertiary alicyclic amines) is 1. The standard InChI is InChI=1S/C23H27F3N4O3/c1-14-13-28(3)22(19-8-6-17(30(14)19)20(31)23(24,25)26)9-11-29(12-10-22)21(32)16-5-7-18(33-4)15(2)27-16/h5-8,14H,9-13H2,1-4H3/p+1. The number of Topliss-reactive ketones (excluding diaryl/α,β-unsaturated/α-hetero) is 1. The summed E-state index contributed by atoms with van der Waals surface area (Å²) in [7, 11) is 3.51. The van der Waals surface area contributed by atoms with Crippen molar-refractivity contribution < 1.29 is 32.4 Å². The maximum absolute atomic E-state index is 13.2. The van der Waals surface area contributed by atoms with Crippen molar-refractivity contribution in [3.8, 4) is 5.75 Å². The lowest BCUT2D eigenvalue weighted by Gasteiger charge is -2.50. The fourth-order valence-corrected chi connectivity index (χ4v) is 5.38. The van der Waals surface area contributed by atoms with Gasteiger partial charge in [0, 0.05) is 31.1 Å². The number of quaternary nitrogens is 1. The van der Waals surface area contributed by atoms with E-state index in [1.807, 2.05) is 14.0 Å². The number of fused-ring (bicyclic) bond motifs is 2. The third kappa shape index (κ3) is 3.85. The monoisotopic (exact) mass is 465 g/mol. The molecule has 7 nitrogen and oxygen atoms in total. The van der Waals surface area contributed by atoms with Gasteiger partial charge in [-0.2, -0.15) is 13.2 Å². The molecule has 4 heterocycles. The Labute approximate surface area is 190 Å². The Kier molecular flexibility index (Phi) is 5.86. The van der Waals surface area contributed by atoms with Gasteiger partial charge in [0.1, 0.15) is 5.75 Å². The van der Waals surface area contributed by atoms with Gasteiger partial charge < -0.3 is 9.30 Å². The summed E-state index contributed by atoms with van der Waals surface area (Å²) >= 11 is 0. The quantitative estimate of drug-likeness (QED) is 0.704. The van der Waals surface area contributed by atoms with Gasteiger partial charge in [-0.05, 0) is 45.2 Å². The maximum Gasteiger partial charge on any atom is 0.456 e. The van der Waals surface area contributed by atoms with Crippen molar-refractivity contribution in [2.75, 3.05) is 33.8 Å². The molecule has 0 aromatic carbocycles. The van der Waals surface area contributed by atoms with E-state index in [0.29, 0.717) is 55.3 Å². The van der Waals surface area contributed by atoms with Crippen LogP contribution in [0, 0.1) is 6.92 Å². The molecule has 1 atom stereocenters. The zero-order chi connectivity index (χ0) is 24.1. The van der Waals surface area contributed by atoms with Crippen molar-refractivity contribution in [3.63, 3.8) is 0 Å². The van der Waals surface area contributed by atoms with Crippen LogP contribution in [0.1, 0.15) is 58.2 Å². The van der Waals surface area contributed by atoms with E-state index in [4.69, 9.17) is 4.74 Å². The molecule has 2 aromatic rings. The van der Waals surface area contributed by atoms with Gasteiger partial charge in [-0.1, -0.05) is 0 Å². The molecule has 4 rings (SSSR count). The Bertz CT molecular complexity index is 1090. The number of alkyl halides is 3. The van der Waals surface area contributed by atoms with Crippen LogP contribution in [0.5, 0.6) is 5.75 Å². The van der Waals surface area contributed by atoms with Gasteiger partial charge in [-0.25, -0.2) is 9.78 Å². The molecule has 0 aliphatic carbocycles. The first kappa shape index (κ1) is 23.4. The number of amides is 1. The topological polar surface area (TPSA) is 68.9 Å². The molecule has 1 fully saturated rings. The highest BCUT2D eigenvalue weighted by Gasteiger charge is 2.50. The number of rotatable bonds is 3. The van der Waals surface area contributed by atoms with Crippen molar-refractivity contribution in [2.45, 2.75) is 44.4 Å². The number of hydrogen-bond donors (Lipinski definition) is 1. The molecule has 2 aromatic heterocycles. The third-order valence-corrected chi connectivity index (χ3v) is 7.09. The number of carbonyl (C=O) groups excluding carboxylic acids is 2. The number of aryl methyl sites for hydroxylation is 1. The summed E-state index contributed by atoms with van der Waals surface area (Å²) in [6, 6.07) is 6.04. The fraction of sp³-hybridized carbons (Fsp3) is 0.522. The summed E-state index contributed by atoms with van der Waals surface area (Å²) in [5.74, 6) is -1.31. The van der Waals surface area contributed by atoms with Crippen molar-refractivity contribution in [1.82, 2.24) is 14.5 Å². The van der Waals surface area contributed by atoms with Crippen LogP contribution in [0.2, 0.25) is 0 Å². The van der Waals surface area contributed by atoms with Gasteiger partial charge in [-0.3, -0.25) is 14.6 Å². The van der Waals surface area contributed by atoms with Crippen LogP contribution < -0.4 is 9.64 Å². The number of ketones is 1. The van der Waals surface area contributed by atoms with Crippen molar-refractivity contribution in [2.24, 2.45) is 0 Å². The van der Waals surface area contributed by atoms with Gasteiger partial charge in [0.05, 0.1) is 37.1 Å². The fourth-order valence-electron chi connectivity index (χ4n) is 5.38. The summed E-state index contributed by atoms with van der Waals surface area (Å²) in [6.07, 6.45) is -3.76. The lowest BCUT2D eigenvalue weighted by atomic mass is 9.80. The van der Waals surface area contributed by atoms with E-state index in [2.05, 4.69) is 9.88 Å². The van der Waals surface area contributed by atoms with E-state index in [1.165, 1.54) is 6.07 Å². The molecule has 1 N–H and O–H groups in total. The second-order valence-electron chi connectivity index (χ2n) is 8.98. The maximum atomic E-state index is 13.2. The molecule has 0 saturated carbocycles. The number of halogens is 3. The van der Waals surface area contributed by atoms with Gasteiger partial charge in [-0.15, -0.1) is 0 Å². The third-order valence-electron chi connectivity index (χ3n) is 7.09. The van der Waals surface area contributed by atoms with Gasteiger partial charge in [0.2, 0.25) is 0 Å². The normalized spacial score (nSPS) is 25.7. The van der Waals surface area contributed by atoms with Crippen LogP contribution in [-0.2, 0) is 5.54 Å². The molecule has 0 radical (unpaired) electrons. The molecule has 2 aliphatic heterocycles. The lowest BCUT2D eigenvalue weighted by molar-refractivity contribution is -0.823. The van der Waals surface area contributed by atoms with Gasteiger partial charge in [0.25, 0.3) is 5.78 Å².